The molecule has 1 aromatic heterocycles. The van der Waals surface area contributed by atoms with E-state index in [9.17, 15) is 14.4 Å². The van der Waals surface area contributed by atoms with Crippen LogP contribution in [0.5, 0.6) is 0 Å². The fourth-order valence-corrected chi connectivity index (χ4v) is 2.86. The summed E-state index contributed by atoms with van der Waals surface area (Å²) in [5.74, 6) is -1.23. The van der Waals surface area contributed by atoms with Gasteiger partial charge in [0.05, 0.1) is 0 Å². The fraction of sp³-hybridized carbons (Fsp3) is 0.200. The Labute approximate surface area is 135 Å². The summed E-state index contributed by atoms with van der Waals surface area (Å²) >= 11 is 1.32. The number of nitrogens with one attached hydrogen (secondary N) is 1. The Balaban J connectivity index is 1.60. The molecule has 0 atom stereocenters. The number of imide groups is 1. The van der Waals surface area contributed by atoms with Crippen molar-refractivity contribution in [2.75, 3.05) is 19.7 Å². The van der Waals surface area contributed by atoms with E-state index in [2.05, 4.69) is 10.3 Å². The molecule has 1 aromatic carbocycles. The molecule has 1 saturated heterocycles. The van der Waals surface area contributed by atoms with E-state index in [1.807, 2.05) is 30.3 Å². The largest absolute Gasteiger partial charge is 0.451 e. The van der Waals surface area contributed by atoms with Crippen LogP contribution in [0, 0.1) is 0 Å². The SMILES string of the molecule is O=C(OCC(=O)N1CCNC1=O)c1csc(-c2ccccc2)n1. The summed E-state index contributed by atoms with van der Waals surface area (Å²) in [6.07, 6.45) is 0. The number of hydrogen-bond acceptors (Lipinski definition) is 6. The van der Waals surface area contributed by atoms with E-state index in [0.717, 1.165) is 10.5 Å². The number of benzene rings is 1. The number of carbonyl (C=O) groups is 3. The average Bonchev–Trinajstić information content (AvgIpc) is 3.22. The lowest BCUT2D eigenvalue weighted by atomic mass is 10.2. The lowest BCUT2D eigenvalue weighted by molar-refractivity contribution is -0.130. The van der Waals surface area contributed by atoms with Crippen LogP contribution in [-0.2, 0) is 9.53 Å². The Morgan fingerprint density at radius 2 is 2.09 bits per heavy atom. The van der Waals surface area contributed by atoms with E-state index < -0.39 is 24.5 Å². The maximum atomic E-state index is 11.9. The monoisotopic (exact) mass is 331 g/mol. The highest BCUT2D eigenvalue weighted by molar-refractivity contribution is 7.13. The van der Waals surface area contributed by atoms with E-state index in [1.165, 1.54) is 11.3 Å². The van der Waals surface area contributed by atoms with Crippen molar-refractivity contribution in [2.24, 2.45) is 0 Å². The molecule has 0 aliphatic carbocycles. The first kappa shape index (κ1) is 15.2. The molecule has 8 heteroatoms. The molecule has 3 rings (SSSR count). The first-order valence-corrected chi connectivity index (χ1v) is 7.79. The molecule has 1 N–H and O–H groups in total. The molecule has 0 spiro atoms. The first-order valence-electron chi connectivity index (χ1n) is 6.91. The van der Waals surface area contributed by atoms with Crippen LogP contribution < -0.4 is 5.32 Å². The van der Waals surface area contributed by atoms with Crippen LogP contribution in [0.4, 0.5) is 4.79 Å². The van der Waals surface area contributed by atoms with Crippen LogP contribution in [-0.4, -0.2) is 47.5 Å². The molecule has 1 aliphatic heterocycles. The number of ether oxygens (including phenoxy) is 1. The molecule has 0 unspecified atom stereocenters. The van der Waals surface area contributed by atoms with Crippen LogP contribution in [0.2, 0.25) is 0 Å². The van der Waals surface area contributed by atoms with Crippen LogP contribution in [0.1, 0.15) is 10.5 Å². The van der Waals surface area contributed by atoms with Gasteiger partial charge in [0.25, 0.3) is 5.91 Å². The molecule has 1 fully saturated rings. The third-order valence-corrected chi connectivity index (χ3v) is 4.11. The second-order valence-corrected chi connectivity index (χ2v) is 5.62. The van der Waals surface area contributed by atoms with Crippen LogP contribution in [0.15, 0.2) is 35.7 Å². The van der Waals surface area contributed by atoms with Crippen molar-refractivity contribution in [3.05, 3.63) is 41.4 Å². The van der Waals surface area contributed by atoms with Gasteiger partial charge in [-0.1, -0.05) is 30.3 Å². The quantitative estimate of drug-likeness (QED) is 0.858. The van der Waals surface area contributed by atoms with Gasteiger partial charge in [-0.25, -0.2) is 14.6 Å². The number of amides is 3. The minimum absolute atomic E-state index is 0.146. The Morgan fingerprint density at radius 3 is 2.78 bits per heavy atom. The highest BCUT2D eigenvalue weighted by atomic mass is 32.1. The van der Waals surface area contributed by atoms with Gasteiger partial charge in [-0.2, -0.15) is 0 Å². The fourth-order valence-electron chi connectivity index (χ4n) is 2.07. The zero-order chi connectivity index (χ0) is 16.2. The molecule has 0 saturated carbocycles. The molecule has 0 bridgehead atoms. The minimum atomic E-state index is -0.684. The van der Waals surface area contributed by atoms with Crippen molar-refractivity contribution in [1.82, 2.24) is 15.2 Å². The second-order valence-electron chi connectivity index (χ2n) is 4.76. The van der Waals surface area contributed by atoms with E-state index in [4.69, 9.17) is 4.74 Å². The third-order valence-electron chi connectivity index (χ3n) is 3.22. The molecule has 23 heavy (non-hydrogen) atoms. The number of esters is 1. The van der Waals surface area contributed by atoms with Gasteiger partial charge in [0, 0.05) is 24.0 Å². The van der Waals surface area contributed by atoms with Crippen molar-refractivity contribution in [3.8, 4) is 10.6 Å². The Kier molecular flexibility index (Phi) is 4.33. The zero-order valence-corrected chi connectivity index (χ0v) is 12.8. The van der Waals surface area contributed by atoms with Gasteiger partial charge in [-0.3, -0.25) is 9.69 Å². The summed E-state index contributed by atoms with van der Waals surface area (Å²) in [7, 11) is 0. The molecule has 0 radical (unpaired) electrons. The van der Waals surface area contributed by atoms with Crippen molar-refractivity contribution in [3.63, 3.8) is 0 Å². The third kappa shape index (κ3) is 3.37. The van der Waals surface area contributed by atoms with Crippen molar-refractivity contribution >= 4 is 29.2 Å². The first-order chi connectivity index (χ1) is 11.1. The molecule has 7 nitrogen and oxygen atoms in total. The number of hydrogen-bond donors (Lipinski definition) is 1. The smallest absolute Gasteiger partial charge is 0.358 e. The van der Waals surface area contributed by atoms with Crippen LogP contribution >= 0.6 is 11.3 Å². The standard InChI is InChI=1S/C15H13N3O4S/c19-12(18-7-6-16-15(18)21)8-22-14(20)11-9-23-13(17-11)10-4-2-1-3-5-10/h1-5,9H,6-8H2,(H,16,21). The van der Waals surface area contributed by atoms with Gasteiger partial charge in [0.1, 0.15) is 5.01 Å². The normalized spacial score (nSPS) is 13.7. The van der Waals surface area contributed by atoms with Gasteiger partial charge in [0.2, 0.25) is 0 Å². The summed E-state index contributed by atoms with van der Waals surface area (Å²) < 4.78 is 4.93. The topological polar surface area (TPSA) is 88.6 Å². The van der Waals surface area contributed by atoms with Gasteiger partial charge in [-0.05, 0) is 0 Å². The number of rotatable bonds is 4. The predicted molar refractivity (Wildman–Crippen MR) is 82.9 cm³/mol. The zero-order valence-electron chi connectivity index (χ0n) is 12.0. The Bertz CT molecular complexity index is 744. The molecule has 2 heterocycles. The van der Waals surface area contributed by atoms with E-state index >= 15 is 0 Å². The summed E-state index contributed by atoms with van der Waals surface area (Å²) in [5.41, 5.74) is 1.05. The molecule has 1 aliphatic rings. The maximum absolute atomic E-state index is 11.9. The molecule has 118 valence electrons. The lowest BCUT2D eigenvalue weighted by Crippen LogP contribution is -2.37. The molecule has 3 amide bonds. The molecular weight excluding hydrogens is 318 g/mol. The summed E-state index contributed by atoms with van der Waals surface area (Å²) in [4.78, 5) is 40.3. The molecular formula is C15H13N3O4S. The summed E-state index contributed by atoms with van der Waals surface area (Å²) in [5, 5.41) is 4.78. The Hall–Kier alpha value is -2.74. The number of urea groups is 1. The summed E-state index contributed by atoms with van der Waals surface area (Å²) in [6.45, 7) is 0.208. The average molecular weight is 331 g/mol. The van der Waals surface area contributed by atoms with Gasteiger partial charge < -0.3 is 10.1 Å². The van der Waals surface area contributed by atoms with Crippen molar-refractivity contribution in [1.29, 1.82) is 0 Å². The predicted octanol–water partition coefficient (Wildman–Crippen LogP) is 1.52. The van der Waals surface area contributed by atoms with Crippen LogP contribution in [0.25, 0.3) is 10.6 Å². The number of aromatic nitrogens is 1. The highest BCUT2D eigenvalue weighted by Gasteiger charge is 2.27. The summed E-state index contributed by atoms with van der Waals surface area (Å²) in [6, 6.07) is 8.98. The van der Waals surface area contributed by atoms with Crippen molar-refractivity contribution in [2.45, 2.75) is 0 Å². The van der Waals surface area contributed by atoms with Gasteiger partial charge in [-0.15, -0.1) is 11.3 Å². The van der Waals surface area contributed by atoms with E-state index in [-0.39, 0.29) is 12.2 Å². The number of carbonyl (C=O) groups excluding carboxylic acids is 3. The highest BCUT2D eigenvalue weighted by Crippen LogP contribution is 2.23. The van der Waals surface area contributed by atoms with E-state index in [0.29, 0.717) is 11.6 Å². The Morgan fingerprint density at radius 1 is 1.30 bits per heavy atom. The van der Waals surface area contributed by atoms with Crippen LogP contribution in [0.3, 0.4) is 0 Å². The second kappa shape index (κ2) is 6.57. The lowest BCUT2D eigenvalue weighted by Gasteiger charge is -2.11. The van der Waals surface area contributed by atoms with Gasteiger partial charge in [0.15, 0.2) is 12.3 Å². The van der Waals surface area contributed by atoms with Gasteiger partial charge >= 0.3 is 12.0 Å². The van der Waals surface area contributed by atoms with E-state index in [1.54, 1.807) is 5.38 Å². The maximum Gasteiger partial charge on any atom is 0.358 e. The van der Waals surface area contributed by atoms with Crippen molar-refractivity contribution < 1.29 is 19.1 Å². The number of thiazole rings is 1. The molecule has 2 aromatic rings. The number of nitrogens with zero attached hydrogens (tertiary/aromatic N) is 2. The minimum Gasteiger partial charge on any atom is -0.451 e.